The van der Waals surface area contributed by atoms with Crippen LogP contribution < -0.4 is 4.90 Å². The molecule has 0 spiro atoms. The highest BCUT2D eigenvalue weighted by Gasteiger charge is 2.32. The van der Waals surface area contributed by atoms with Gasteiger partial charge in [0, 0.05) is 37.4 Å². The Balaban J connectivity index is 1.69. The summed E-state index contributed by atoms with van der Waals surface area (Å²) in [5, 5.41) is 0. The summed E-state index contributed by atoms with van der Waals surface area (Å²) >= 11 is 0. The molecule has 1 saturated heterocycles. The zero-order chi connectivity index (χ0) is 20.5. The normalized spacial score (nSPS) is 16.2. The summed E-state index contributed by atoms with van der Waals surface area (Å²) in [6.45, 7) is 2.81. The van der Waals surface area contributed by atoms with Gasteiger partial charge in [-0.25, -0.2) is 8.42 Å². The summed E-state index contributed by atoms with van der Waals surface area (Å²) in [6, 6.07) is 10.6. The molecule has 2 aromatic rings. The van der Waals surface area contributed by atoms with E-state index < -0.39 is 21.8 Å². The first-order valence-electron chi connectivity index (χ1n) is 8.62. The molecule has 0 atom stereocenters. The molecule has 1 aliphatic rings. The minimum absolute atomic E-state index is 0.0287. The summed E-state index contributed by atoms with van der Waals surface area (Å²) in [5.41, 5.74) is 0.606. The Morgan fingerprint density at radius 2 is 1.43 bits per heavy atom. The van der Waals surface area contributed by atoms with Gasteiger partial charge in [0.2, 0.25) is 10.0 Å². The average molecular weight is 412 g/mol. The lowest BCUT2D eigenvalue weighted by Crippen LogP contribution is -2.48. The van der Waals surface area contributed by atoms with Crippen LogP contribution in [-0.2, 0) is 16.2 Å². The van der Waals surface area contributed by atoms with Crippen LogP contribution in [0.25, 0.3) is 0 Å². The van der Waals surface area contributed by atoms with Crippen LogP contribution in [0.15, 0.2) is 53.4 Å². The first-order valence-corrected chi connectivity index (χ1v) is 10.1. The first-order chi connectivity index (χ1) is 13.1. The number of ketones is 1. The van der Waals surface area contributed by atoms with Crippen molar-refractivity contribution in [3.8, 4) is 0 Å². The molecule has 3 rings (SSSR count). The Morgan fingerprint density at radius 3 is 1.89 bits per heavy atom. The van der Waals surface area contributed by atoms with Crippen LogP contribution in [0.1, 0.15) is 22.8 Å². The van der Waals surface area contributed by atoms with Crippen molar-refractivity contribution in [2.75, 3.05) is 31.1 Å². The van der Waals surface area contributed by atoms with Gasteiger partial charge in [0.05, 0.1) is 10.5 Å². The minimum atomic E-state index is -4.51. The molecule has 0 unspecified atom stereocenters. The third-order valence-corrected chi connectivity index (χ3v) is 6.61. The van der Waals surface area contributed by atoms with E-state index >= 15 is 0 Å². The maximum absolute atomic E-state index is 12.7. The molecule has 0 N–H and O–H groups in total. The maximum Gasteiger partial charge on any atom is 0.416 e. The van der Waals surface area contributed by atoms with Gasteiger partial charge in [-0.1, -0.05) is 0 Å². The molecule has 0 bridgehead atoms. The van der Waals surface area contributed by atoms with Crippen LogP contribution in [0.5, 0.6) is 0 Å². The standard InChI is InChI=1S/C19H19F3N2O3S/c1-14(25)15-2-6-17(7-3-15)23-10-12-24(13-11-23)28(26,27)18-8-4-16(5-9-18)19(20,21)22/h2-9H,10-13H2,1H3. The van der Waals surface area contributed by atoms with Crippen molar-refractivity contribution in [2.45, 2.75) is 18.0 Å². The van der Waals surface area contributed by atoms with Crippen molar-refractivity contribution in [3.05, 3.63) is 59.7 Å². The Hall–Kier alpha value is -2.39. The molecule has 1 heterocycles. The number of hydrogen-bond acceptors (Lipinski definition) is 4. The zero-order valence-corrected chi connectivity index (χ0v) is 15.9. The fourth-order valence-electron chi connectivity index (χ4n) is 3.06. The SMILES string of the molecule is CC(=O)c1ccc(N2CCN(S(=O)(=O)c3ccc(C(F)(F)F)cc3)CC2)cc1. The van der Waals surface area contributed by atoms with Crippen molar-refractivity contribution < 1.29 is 26.4 Å². The Kier molecular flexibility index (Phi) is 5.49. The number of carbonyl (C=O) groups is 1. The van der Waals surface area contributed by atoms with Gasteiger partial charge in [0.25, 0.3) is 0 Å². The van der Waals surface area contributed by atoms with Crippen molar-refractivity contribution in [2.24, 2.45) is 0 Å². The summed E-state index contributed by atoms with van der Waals surface area (Å²) in [7, 11) is -3.85. The molecule has 0 aromatic heterocycles. The third-order valence-electron chi connectivity index (χ3n) is 4.70. The van der Waals surface area contributed by atoms with E-state index in [4.69, 9.17) is 0 Å². The summed E-state index contributed by atoms with van der Waals surface area (Å²) in [6.07, 6.45) is -4.51. The molecular weight excluding hydrogens is 393 g/mol. The Bertz CT molecular complexity index is 947. The maximum atomic E-state index is 12.7. The Morgan fingerprint density at radius 1 is 0.893 bits per heavy atom. The number of halogens is 3. The second-order valence-corrected chi connectivity index (χ2v) is 8.45. The lowest BCUT2D eigenvalue weighted by atomic mass is 10.1. The van der Waals surface area contributed by atoms with E-state index in [-0.39, 0.29) is 23.8 Å². The van der Waals surface area contributed by atoms with Crippen LogP contribution in [-0.4, -0.2) is 44.7 Å². The number of piperazine rings is 1. The molecule has 0 aliphatic carbocycles. The highest BCUT2D eigenvalue weighted by Crippen LogP contribution is 2.30. The van der Waals surface area contributed by atoms with Gasteiger partial charge in [-0.05, 0) is 55.5 Å². The van der Waals surface area contributed by atoms with E-state index in [9.17, 15) is 26.4 Å². The van der Waals surface area contributed by atoms with E-state index in [1.54, 1.807) is 12.1 Å². The number of anilines is 1. The number of Topliss-reactive ketones (excluding diaryl/α,β-unsaturated/α-hetero) is 1. The number of alkyl halides is 3. The quantitative estimate of drug-likeness (QED) is 0.722. The number of benzene rings is 2. The third kappa shape index (κ3) is 4.20. The predicted octanol–water partition coefficient (Wildman–Crippen LogP) is 3.42. The zero-order valence-electron chi connectivity index (χ0n) is 15.1. The largest absolute Gasteiger partial charge is 0.416 e. The molecule has 5 nitrogen and oxygen atoms in total. The summed E-state index contributed by atoms with van der Waals surface area (Å²) in [5.74, 6) is -0.0287. The molecule has 150 valence electrons. The van der Waals surface area contributed by atoms with E-state index in [1.165, 1.54) is 11.2 Å². The van der Waals surface area contributed by atoms with Crippen LogP contribution in [0.4, 0.5) is 18.9 Å². The lowest BCUT2D eigenvalue weighted by molar-refractivity contribution is -0.137. The lowest BCUT2D eigenvalue weighted by Gasteiger charge is -2.35. The number of hydrogen-bond donors (Lipinski definition) is 0. The molecule has 0 amide bonds. The molecule has 28 heavy (non-hydrogen) atoms. The first kappa shape index (κ1) is 20.3. The van der Waals surface area contributed by atoms with E-state index in [1.807, 2.05) is 17.0 Å². The van der Waals surface area contributed by atoms with Gasteiger partial charge in [0.15, 0.2) is 5.78 Å². The van der Waals surface area contributed by atoms with Gasteiger partial charge in [0.1, 0.15) is 0 Å². The van der Waals surface area contributed by atoms with Crippen LogP contribution in [0.2, 0.25) is 0 Å². The average Bonchev–Trinajstić information content (AvgIpc) is 2.67. The van der Waals surface area contributed by atoms with Crippen molar-refractivity contribution in [1.82, 2.24) is 4.31 Å². The molecule has 2 aromatic carbocycles. The number of sulfonamides is 1. The van der Waals surface area contributed by atoms with Crippen molar-refractivity contribution >= 4 is 21.5 Å². The van der Waals surface area contributed by atoms with E-state index in [0.29, 0.717) is 18.7 Å². The highest BCUT2D eigenvalue weighted by molar-refractivity contribution is 7.89. The van der Waals surface area contributed by atoms with E-state index in [2.05, 4.69) is 0 Å². The molecular formula is C19H19F3N2O3S. The van der Waals surface area contributed by atoms with Crippen LogP contribution in [0, 0.1) is 0 Å². The van der Waals surface area contributed by atoms with Gasteiger partial charge >= 0.3 is 6.18 Å². The van der Waals surface area contributed by atoms with Gasteiger partial charge < -0.3 is 4.90 Å². The number of nitrogens with zero attached hydrogens (tertiary/aromatic N) is 2. The second-order valence-electron chi connectivity index (χ2n) is 6.52. The molecule has 1 fully saturated rings. The Labute approximate surface area is 161 Å². The van der Waals surface area contributed by atoms with Crippen LogP contribution >= 0.6 is 0 Å². The van der Waals surface area contributed by atoms with Gasteiger partial charge in [-0.15, -0.1) is 0 Å². The fraction of sp³-hybridized carbons (Fsp3) is 0.316. The fourth-order valence-corrected chi connectivity index (χ4v) is 4.48. The second kappa shape index (κ2) is 7.56. The van der Waals surface area contributed by atoms with Gasteiger partial charge in [-0.2, -0.15) is 17.5 Å². The smallest absolute Gasteiger partial charge is 0.369 e. The molecule has 9 heteroatoms. The monoisotopic (exact) mass is 412 g/mol. The number of carbonyl (C=O) groups excluding carboxylic acids is 1. The van der Waals surface area contributed by atoms with E-state index in [0.717, 1.165) is 30.0 Å². The minimum Gasteiger partial charge on any atom is -0.369 e. The number of rotatable bonds is 4. The van der Waals surface area contributed by atoms with Crippen molar-refractivity contribution in [1.29, 1.82) is 0 Å². The van der Waals surface area contributed by atoms with Crippen molar-refractivity contribution in [3.63, 3.8) is 0 Å². The van der Waals surface area contributed by atoms with Gasteiger partial charge in [-0.3, -0.25) is 4.79 Å². The predicted molar refractivity (Wildman–Crippen MR) is 98.9 cm³/mol. The topological polar surface area (TPSA) is 57.7 Å². The summed E-state index contributed by atoms with van der Waals surface area (Å²) in [4.78, 5) is 13.2. The molecule has 0 saturated carbocycles. The summed E-state index contributed by atoms with van der Waals surface area (Å²) < 4.78 is 64.7. The molecule has 0 radical (unpaired) electrons. The molecule has 1 aliphatic heterocycles. The highest BCUT2D eigenvalue weighted by atomic mass is 32.2. The van der Waals surface area contributed by atoms with Crippen LogP contribution in [0.3, 0.4) is 0 Å².